The van der Waals surface area contributed by atoms with E-state index in [1.165, 1.54) is 6.08 Å². The van der Waals surface area contributed by atoms with Crippen LogP contribution < -0.4 is 5.32 Å². The monoisotopic (exact) mass is 217 g/mol. The van der Waals surface area contributed by atoms with E-state index in [9.17, 15) is 4.79 Å². The van der Waals surface area contributed by atoms with Crippen molar-refractivity contribution in [3.63, 3.8) is 0 Å². The maximum atomic E-state index is 11.8. The van der Waals surface area contributed by atoms with E-state index in [0.29, 0.717) is 18.1 Å². The van der Waals surface area contributed by atoms with Gasteiger partial charge in [-0.2, -0.15) is 0 Å². The van der Waals surface area contributed by atoms with Gasteiger partial charge >= 0.3 is 0 Å². The lowest BCUT2D eigenvalue weighted by Gasteiger charge is -2.13. The highest BCUT2D eigenvalue weighted by atomic mass is 16.5. The molecule has 0 radical (unpaired) electrons. The normalized spacial score (nSPS) is 20.2. The molecule has 0 atom stereocenters. The molecule has 0 saturated carbocycles. The van der Waals surface area contributed by atoms with Crippen molar-refractivity contribution < 1.29 is 9.53 Å². The van der Waals surface area contributed by atoms with Crippen molar-refractivity contribution in [3.8, 4) is 0 Å². The van der Waals surface area contributed by atoms with Crippen molar-refractivity contribution in [2.45, 2.75) is 19.4 Å². The number of nitrogens with one attached hydrogen (secondary N) is 1. The molecule has 1 aromatic carbocycles. The molecule has 84 valence electrons. The number of allylic oxidation sites excluding steroid dienone is 1. The van der Waals surface area contributed by atoms with Gasteiger partial charge in [-0.25, -0.2) is 0 Å². The first-order chi connectivity index (χ1) is 7.57. The molecule has 0 aromatic heterocycles. The second-order valence-corrected chi connectivity index (χ2v) is 4.54. The van der Waals surface area contributed by atoms with Crippen LogP contribution in [0.4, 0.5) is 0 Å². The quantitative estimate of drug-likeness (QED) is 0.609. The Morgan fingerprint density at radius 1 is 1.38 bits per heavy atom. The molecule has 0 amide bonds. The fourth-order valence-electron chi connectivity index (χ4n) is 1.55. The largest absolute Gasteiger partial charge is 0.477 e. The fourth-order valence-corrected chi connectivity index (χ4v) is 1.55. The maximum Gasteiger partial charge on any atom is 0.191 e. The first-order valence-electron chi connectivity index (χ1n) is 5.29. The van der Waals surface area contributed by atoms with E-state index in [0.717, 1.165) is 0 Å². The Bertz CT molecular complexity index is 421. The number of carbonyl (C=O) groups is 1. The molecule has 1 N–H and O–H groups in total. The van der Waals surface area contributed by atoms with Gasteiger partial charge in [0.1, 0.15) is 6.61 Å². The Morgan fingerprint density at radius 3 is 2.62 bits per heavy atom. The number of rotatable bonds is 2. The van der Waals surface area contributed by atoms with E-state index in [2.05, 4.69) is 5.32 Å². The number of ketones is 1. The van der Waals surface area contributed by atoms with Crippen LogP contribution in [0.15, 0.2) is 42.3 Å². The zero-order valence-corrected chi connectivity index (χ0v) is 9.49. The predicted molar refractivity (Wildman–Crippen MR) is 62.0 cm³/mol. The van der Waals surface area contributed by atoms with Crippen LogP contribution in [-0.2, 0) is 4.74 Å². The van der Waals surface area contributed by atoms with Crippen LogP contribution in [0.5, 0.6) is 0 Å². The minimum atomic E-state index is -0.0944. The van der Waals surface area contributed by atoms with Crippen LogP contribution in [0.1, 0.15) is 24.2 Å². The summed E-state index contributed by atoms with van der Waals surface area (Å²) in [6.45, 7) is 4.64. The summed E-state index contributed by atoms with van der Waals surface area (Å²) in [5, 5.41) is 3.15. The first-order valence-corrected chi connectivity index (χ1v) is 5.29. The Labute approximate surface area is 95.1 Å². The Morgan fingerprint density at radius 2 is 2.06 bits per heavy atom. The summed E-state index contributed by atoms with van der Waals surface area (Å²) in [4.78, 5) is 11.8. The standard InChI is InChI=1S/C13H15NO2/c1-13(2)9-16-12(14-13)8-11(15)10-6-4-3-5-7-10/h3-8,14H,9H2,1-2H3. The molecule has 0 aliphatic carbocycles. The van der Waals surface area contributed by atoms with Crippen LogP contribution in [0.3, 0.4) is 0 Å². The molecule has 1 aliphatic rings. The number of carbonyl (C=O) groups excluding carboxylic acids is 1. The molecule has 1 saturated heterocycles. The van der Waals surface area contributed by atoms with Crippen LogP contribution in [0.25, 0.3) is 0 Å². The SMILES string of the molecule is CC1(C)COC(=CC(=O)c2ccccc2)N1. The van der Waals surface area contributed by atoms with Gasteiger partial charge in [-0.15, -0.1) is 0 Å². The topological polar surface area (TPSA) is 38.3 Å². The van der Waals surface area contributed by atoms with E-state index >= 15 is 0 Å². The molecule has 0 unspecified atom stereocenters. The second-order valence-electron chi connectivity index (χ2n) is 4.54. The molecule has 3 nitrogen and oxygen atoms in total. The lowest BCUT2D eigenvalue weighted by molar-refractivity contribution is 0.104. The van der Waals surface area contributed by atoms with Gasteiger partial charge in [-0.3, -0.25) is 4.79 Å². The zero-order valence-electron chi connectivity index (χ0n) is 9.49. The van der Waals surface area contributed by atoms with Crippen LogP contribution in [0, 0.1) is 0 Å². The van der Waals surface area contributed by atoms with Crippen LogP contribution in [-0.4, -0.2) is 17.9 Å². The lowest BCUT2D eigenvalue weighted by Crippen LogP contribution is -2.34. The fraction of sp³-hybridized carbons (Fsp3) is 0.308. The summed E-state index contributed by atoms with van der Waals surface area (Å²) < 4.78 is 5.39. The van der Waals surface area contributed by atoms with E-state index in [4.69, 9.17) is 4.74 Å². The molecule has 0 bridgehead atoms. The summed E-state index contributed by atoms with van der Waals surface area (Å²) in [7, 11) is 0. The number of ether oxygens (including phenoxy) is 1. The summed E-state index contributed by atoms with van der Waals surface area (Å²) in [6, 6.07) is 9.16. The lowest BCUT2D eigenvalue weighted by atomic mass is 10.1. The number of hydrogen-bond acceptors (Lipinski definition) is 3. The molecule has 1 aromatic rings. The van der Waals surface area contributed by atoms with Gasteiger partial charge < -0.3 is 10.1 Å². The summed E-state index contributed by atoms with van der Waals surface area (Å²) in [5.41, 5.74) is 0.577. The second kappa shape index (κ2) is 4.00. The molecule has 16 heavy (non-hydrogen) atoms. The Balaban J connectivity index is 2.11. The molecular weight excluding hydrogens is 202 g/mol. The van der Waals surface area contributed by atoms with Crippen molar-refractivity contribution in [1.82, 2.24) is 5.32 Å². The van der Waals surface area contributed by atoms with E-state index in [-0.39, 0.29) is 11.3 Å². The van der Waals surface area contributed by atoms with Crippen molar-refractivity contribution >= 4 is 5.78 Å². The third-order valence-electron chi connectivity index (χ3n) is 2.37. The highest BCUT2D eigenvalue weighted by Gasteiger charge is 2.27. The molecular formula is C13H15NO2. The van der Waals surface area contributed by atoms with Gasteiger partial charge in [-0.1, -0.05) is 30.3 Å². The van der Waals surface area contributed by atoms with Gasteiger partial charge in [0.05, 0.1) is 5.54 Å². The highest BCUT2D eigenvalue weighted by Crippen LogP contribution is 2.16. The minimum Gasteiger partial charge on any atom is -0.477 e. The summed E-state index contributed by atoms with van der Waals surface area (Å²) in [6.07, 6.45) is 1.50. The predicted octanol–water partition coefficient (Wildman–Crippen LogP) is 2.11. The highest BCUT2D eigenvalue weighted by molar-refractivity contribution is 6.04. The van der Waals surface area contributed by atoms with Gasteiger partial charge in [-0.05, 0) is 13.8 Å². The molecule has 2 rings (SSSR count). The third-order valence-corrected chi connectivity index (χ3v) is 2.37. The average Bonchev–Trinajstić information content (AvgIpc) is 2.59. The smallest absolute Gasteiger partial charge is 0.191 e. The first kappa shape index (κ1) is 10.7. The van der Waals surface area contributed by atoms with Gasteiger partial charge in [0.15, 0.2) is 11.7 Å². The Hall–Kier alpha value is -1.77. The molecule has 1 fully saturated rings. The molecule has 1 aliphatic heterocycles. The van der Waals surface area contributed by atoms with Gasteiger partial charge in [0, 0.05) is 11.6 Å². The average molecular weight is 217 g/mol. The minimum absolute atomic E-state index is 0.0409. The molecule has 3 heteroatoms. The van der Waals surface area contributed by atoms with Crippen LogP contribution >= 0.6 is 0 Å². The summed E-state index contributed by atoms with van der Waals surface area (Å²) in [5.74, 6) is 0.514. The van der Waals surface area contributed by atoms with E-state index in [1.807, 2.05) is 32.0 Å². The zero-order chi connectivity index (χ0) is 11.6. The molecule has 0 spiro atoms. The summed E-state index contributed by atoms with van der Waals surface area (Å²) >= 11 is 0. The van der Waals surface area contributed by atoms with Crippen molar-refractivity contribution in [1.29, 1.82) is 0 Å². The van der Waals surface area contributed by atoms with Crippen molar-refractivity contribution in [2.24, 2.45) is 0 Å². The Kier molecular flexibility index (Phi) is 2.69. The van der Waals surface area contributed by atoms with E-state index in [1.54, 1.807) is 12.1 Å². The van der Waals surface area contributed by atoms with Gasteiger partial charge in [0.2, 0.25) is 0 Å². The number of benzene rings is 1. The molecule has 1 heterocycles. The van der Waals surface area contributed by atoms with Crippen molar-refractivity contribution in [3.05, 3.63) is 47.9 Å². The number of hydrogen-bond donors (Lipinski definition) is 1. The van der Waals surface area contributed by atoms with E-state index < -0.39 is 0 Å². The van der Waals surface area contributed by atoms with Crippen molar-refractivity contribution in [2.75, 3.05) is 6.61 Å². The van der Waals surface area contributed by atoms with Gasteiger partial charge in [0.25, 0.3) is 0 Å². The maximum absolute atomic E-state index is 11.8. The third kappa shape index (κ3) is 2.42. The van der Waals surface area contributed by atoms with Crippen LogP contribution in [0.2, 0.25) is 0 Å².